The predicted octanol–water partition coefficient (Wildman–Crippen LogP) is 0.229. The van der Waals surface area contributed by atoms with E-state index in [1.165, 1.54) is 6.07 Å². The van der Waals surface area contributed by atoms with Gasteiger partial charge in [0.15, 0.2) is 0 Å². The van der Waals surface area contributed by atoms with Crippen molar-refractivity contribution < 1.29 is 12.8 Å². The molecule has 0 aliphatic heterocycles. The van der Waals surface area contributed by atoms with Crippen LogP contribution < -0.4 is 10.0 Å². The second-order valence-electron chi connectivity index (χ2n) is 4.31. The van der Waals surface area contributed by atoms with Crippen molar-refractivity contribution in [2.75, 3.05) is 34.2 Å². The molecule has 0 amide bonds. The van der Waals surface area contributed by atoms with Gasteiger partial charge in [0.1, 0.15) is 5.76 Å². The van der Waals surface area contributed by atoms with E-state index in [-0.39, 0.29) is 5.09 Å². The SMILES string of the molecule is CNCc1ccc(S(=O)(=O)NCCCN(C)C)o1. The Labute approximate surface area is 108 Å². The summed E-state index contributed by atoms with van der Waals surface area (Å²) in [5.74, 6) is 0.603. The van der Waals surface area contributed by atoms with Gasteiger partial charge >= 0.3 is 0 Å². The zero-order valence-electron chi connectivity index (χ0n) is 11.1. The molecule has 0 unspecified atom stereocenters. The summed E-state index contributed by atoms with van der Waals surface area (Å²) in [7, 11) is 2.15. The largest absolute Gasteiger partial charge is 0.447 e. The number of hydrogen-bond donors (Lipinski definition) is 2. The van der Waals surface area contributed by atoms with Crippen LogP contribution in [-0.4, -0.2) is 47.6 Å². The minimum absolute atomic E-state index is 0.0300. The maximum absolute atomic E-state index is 11.9. The Kier molecular flexibility index (Phi) is 5.80. The highest BCUT2D eigenvalue weighted by molar-refractivity contribution is 7.89. The highest BCUT2D eigenvalue weighted by atomic mass is 32.2. The average molecular weight is 275 g/mol. The molecule has 6 nitrogen and oxygen atoms in total. The van der Waals surface area contributed by atoms with Gasteiger partial charge < -0.3 is 14.6 Å². The average Bonchev–Trinajstić information content (AvgIpc) is 2.74. The van der Waals surface area contributed by atoms with Crippen LogP contribution in [0.1, 0.15) is 12.2 Å². The summed E-state index contributed by atoms with van der Waals surface area (Å²) in [6.07, 6.45) is 0.760. The Morgan fingerprint density at radius 3 is 2.67 bits per heavy atom. The van der Waals surface area contributed by atoms with Gasteiger partial charge in [0.05, 0.1) is 6.54 Å². The second kappa shape index (κ2) is 6.89. The standard InChI is InChI=1S/C11H21N3O3S/c1-12-9-10-5-6-11(17-10)18(15,16)13-7-4-8-14(2)3/h5-6,12-13H,4,7-9H2,1-3H3. The zero-order valence-corrected chi connectivity index (χ0v) is 11.9. The number of hydrogen-bond acceptors (Lipinski definition) is 5. The maximum atomic E-state index is 11.9. The van der Waals surface area contributed by atoms with Crippen LogP contribution >= 0.6 is 0 Å². The molecule has 0 bridgehead atoms. The smallest absolute Gasteiger partial charge is 0.273 e. The second-order valence-corrected chi connectivity index (χ2v) is 6.00. The molecule has 0 aliphatic rings. The van der Waals surface area contributed by atoms with Crippen LogP contribution in [0, 0.1) is 0 Å². The Morgan fingerprint density at radius 2 is 2.06 bits per heavy atom. The Bertz CT molecular complexity index is 454. The lowest BCUT2D eigenvalue weighted by Crippen LogP contribution is -2.27. The highest BCUT2D eigenvalue weighted by Crippen LogP contribution is 2.13. The van der Waals surface area contributed by atoms with Crippen LogP contribution in [0.15, 0.2) is 21.6 Å². The molecule has 0 aliphatic carbocycles. The minimum Gasteiger partial charge on any atom is -0.447 e. The first-order chi connectivity index (χ1) is 8.45. The lowest BCUT2D eigenvalue weighted by molar-refractivity contribution is 0.393. The van der Waals surface area contributed by atoms with Crippen LogP contribution in [0.3, 0.4) is 0 Å². The number of nitrogens with zero attached hydrogens (tertiary/aromatic N) is 1. The van der Waals surface area contributed by atoms with E-state index in [1.807, 2.05) is 19.0 Å². The highest BCUT2D eigenvalue weighted by Gasteiger charge is 2.17. The molecular weight excluding hydrogens is 254 g/mol. The third-order valence-electron chi connectivity index (χ3n) is 2.33. The van der Waals surface area contributed by atoms with Gasteiger partial charge in [-0.15, -0.1) is 0 Å². The van der Waals surface area contributed by atoms with Crippen LogP contribution in [0.2, 0.25) is 0 Å². The molecule has 104 valence electrons. The van der Waals surface area contributed by atoms with Crippen molar-refractivity contribution in [1.82, 2.24) is 14.9 Å². The van der Waals surface area contributed by atoms with Gasteiger partial charge in [-0.1, -0.05) is 0 Å². The number of rotatable bonds is 8. The van der Waals surface area contributed by atoms with E-state index in [0.717, 1.165) is 13.0 Å². The predicted molar refractivity (Wildman–Crippen MR) is 69.8 cm³/mol. The Morgan fingerprint density at radius 1 is 1.33 bits per heavy atom. The van der Waals surface area contributed by atoms with Crippen molar-refractivity contribution in [3.8, 4) is 0 Å². The van der Waals surface area contributed by atoms with E-state index in [0.29, 0.717) is 18.8 Å². The summed E-state index contributed by atoms with van der Waals surface area (Å²) in [5.41, 5.74) is 0. The van der Waals surface area contributed by atoms with Crippen LogP contribution in [0.5, 0.6) is 0 Å². The summed E-state index contributed by atoms with van der Waals surface area (Å²) >= 11 is 0. The summed E-state index contributed by atoms with van der Waals surface area (Å²) in [4.78, 5) is 2.01. The summed E-state index contributed by atoms with van der Waals surface area (Å²) in [6, 6.07) is 3.13. The Hall–Kier alpha value is -0.890. The first-order valence-corrected chi connectivity index (χ1v) is 7.31. The molecule has 0 spiro atoms. The first kappa shape index (κ1) is 15.2. The molecule has 0 fully saturated rings. The van der Waals surface area contributed by atoms with Crippen molar-refractivity contribution in [2.24, 2.45) is 0 Å². The normalized spacial score (nSPS) is 12.2. The molecule has 0 saturated carbocycles. The van der Waals surface area contributed by atoms with Gasteiger partial charge in [-0.2, -0.15) is 0 Å². The lowest BCUT2D eigenvalue weighted by atomic mass is 10.4. The molecule has 1 rings (SSSR count). The molecule has 0 radical (unpaired) electrons. The van der Waals surface area contributed by atoms with Gasteiger partial charge in [-0.25, -0.2) is 13.1 Å². The van der Waals surface area contributed by atoms with Crippen molar-refractivity contribution >= 4 is 10.0 Å². The van der Waals surface area contributed by atoms with Gasteiger partial charge in [0.25, 0.3) is 10.0 Å². The molecule has 18 heavy (non-hydrogen) atoms. The topological polar surface area (TPSA) is 74.6 Å². The molecule has 2 N–H and O–H groups in total. The van der Waals surface area contributed by atoms with E-state index < -0.39 is 10.0 Å². The molecule has 0 aromatic carbocycles. The fraction of sp³-hybridized carbons (Fsp3) is 0.636. The molecule has 1 heterocycles. The third kappa shape index (κ3) is 4.77. The molecule has 7 heteroatoms. The van der Waals surface area contributed by atoms with E-state index in [4.69, 9.17) is 4.42 Å². The van der Waals surface area contributed by atoms with Crippen LogP contribution in [0.4, 0.5) is 0 Å². The third-order valence-corrected chi connectivity index (χ3v) is 3.66. The van der Waals surface area contributed by atoms with Gasteiger partial charge in [0.2, 0.25) is 5.09 Å². The molecule has 0 atom stereocenters. The lowest BCUT2D eigenvalue weighted by Gasteiger charge is -2.09. The van der Waals surface area contributed by atoms with E-state index in [1.54, 1.807) is 13.1 Å². The van der Waals surface area contributed by atoms with E-state index in [2.05, 4.69) is 10.0 Å². The molecule has 1 aromatic heterocycles. The number of nitrogens with one attached hydrogen (secondary N) is 2. The minimum atomic E-state index is -3.52. The zero-order chi connectivity index (χ0) is 13.6. The number of furan rings is 1. The van der Waals surface area contributed by atoms with Crippen LogP contribution in [-0.2, 0) is 16.6 Å². The molecular formula is C11H21N3O3S. The summed E-state index contributed by atoms with van der Waals surface area (Å²) in [6.45, 7) is 1.75. The molecule has 1 aromatic rings. The first-order valence-electron chi connectivity index (χ1n) is 5.83. The molecule has 0 saturated heterocycles. The summed E-state index contributed by atoms with van der Waals surface area (Å²) < 4.78 is 31.5. The fourth-order valence-electron chi connectivity index (χ4n) is 1.44. The van der Waals surface area contributed by atoms with Crippen molar-refractivity contribution in [3.63, 3.8) is 0 Å². The summed E-state index contributed by atoms with van der Waals surface area (Å²) in [5, 5.41) is 2.87. The fourth-order valence-corrected chi connectivity index (χ4v) is 2.46. The monoisotopic (exact) mass is 275 g/mol. The maximum Gasteiger partial charge on any atom is 0.273 e. The van der Waals surface area contributed by atoms with E-state index in [9.17, 15) is 8.42 Å². The van der Waals surface area contributed by atoms with Gasteiger partial charge in [0, 0.05) is 6.54 Å². The van der Waals surface area contributed by atoms with Crippen molar-refractivity contribution in [1.29, 1.82) is 0 Å². The Balaban J connectivity index is 2.51. The van der Waals surface area contributed by atoms with Crippen molar-refractivity contribution in [2.45, 2.75) is 18.1 Å². The van der Waals surface area contributed by atoms with Crippen molar-refractivity contribution in [3.05, 3.63) is 17.9 Å². The van der Waals surface area contributed by atoms with Gasteiger partial charge in [-0.3, -0.25) is 0 Å². The quantitative estimate of drug-likeness (QED) is 0.664. The number of sulfonamides is 1. The van der Waals surface area contributed by atoms with E-state index >= 15 is 0 Å². The van der Waals surface area contributed by atoms with Gasteiger partial charge in [-0.05, 0) is 46.2 Å². The van der Waals surface area contributed by atoms with Crippen LogP contribution in [0.25, 0.3) is 0 Å².